The van der Waals surface area contributed by atoms with Crippen LogP contribution in [0.25, 0.3) is 0 Å². The fourth-order valence-electron chi connectivity index (χ4n) is 1.40. The normalized spacial score (nSPS) is 12.6. The molecule has 5 heteroatoms. The average molecular weight is 281 g/mol. The van der Waals surface area contributed by atoms with Gasteiger partial charge in [-0.2, -0.15) is 0 Å². The molecule has 0 aliphatic heterocycles. The standard InChI is InChI=1S/C13H15NO2S2/c1-10-11(2)16-13(14-10)17-8-9-18(15)12-6-4-3-5-7-12/h3-7H,8-9H2,1-2H3/t18-/m1/s1. The molecule has 1 heterocycles. The zero-order valence-corrected chi connectivity index (χ0v) is 12.0. The molecule has 1 aromatic heterocycles. The molecule has 2 rings (SSSR count). The lowest BCUT2D eigenvalue weighted by molar-refractivity contribution is 0.431. The van der Waals surface area contributed by atoms with Gasteiger partial charge in [0.15, 0.2) is 0 Å². The van der Waals surface area contributed by atoms with Crippen molar-refractivity contribution in [1.29, 1.82) is 0 Å². The van der Waals surface area contributed by atoms with Crippen LogP contribution in [0.2, 0.25) is 0 Å². The lowest BCUT2D eigenvalue weighted by Crippen LogP contribution is -2.00. The highest BCUT2D eigenvalue weighted by molar-refractivity contribution is 8.00. The molecule has 0 fully saturated rings. The molecular formula is C13H15NO2S2. The topological polar surface area (TPSA) is 43.1 Å². The van der Waals surface area contributed by atoms with E-state index in [1.54, 1.807) is 0 Å². The van der Waals surface area contributed by atoms with E-state index in [2.05, 4.69) is 4.98 Å². The summed E-state index contributed by atoms with van der Waals surface area (Å²) >= 11 is 1.51. The summed E-state index contributed by atoms with van der Waals surface area (Å²) in [6.07, 6.45) is 0. The van der Waals surface area contributed by atoms with Crippen LogP contribution in [-0.2, 0) is 10.8 Å². The molecule has 0 bridgehead atoms. The van der Waals surface area contributed by atoms with Crippen molar-refractivity contribution < 1.29 is 8.63 Å². The Morgan fingerprint density at radius 2 is 2.00 bits per heavy atom. The maximum Gasteiger partial charge on any atom is 0.256 e. The first-order valence-electron chi connectivity index (χ1n) is 5.67. The van der Waals surface area contributed by atoms with Crippen molar-refractivity contribution in [3.05, 3.63) is 41.8 Å². The zero-order chi connectivity index (χ0) is 13.0. The summed E-state index contributed by atoms with van der Waals surface area (Å²) in [7, 11) is -0.946. The molecule has 0 radical (unpaired) electrons. The van der Waals surface area contributed by atoms with E-state index in [0.717, 1.165) is 22.1 Å². The summed E-state index contributed by atoms with van der Waals surface area (Å²) in [5.74, 6) is 2.19. The monoisotopic (exact) mass is 281 g/mol. The van der Waals surface area contributed by atoms with Gasteiger partial charge in [0.2, 0.25) is 0 Å². The lowest BCUT2D eigenvalue weighted by atomic mass is 10.4. The van der Waals surface area contributed by atoms with Gasteiger partial charge in [-0.1, -0.05) is 30.0 Å². The average Bonchev–Trinajstić information content (AvgIpc) is 2.69. The Bertz CT molecular complexity index is 518. The van der Waals surface area contributed by atoms with Gasteiger partial charge in [-0.25, -0.2) is 4.98 Å². The van der Waals surface area contributed by atoms with E-state index in [1.807, 2.05) is 44.2 Å². The Balaban J connectivity index is 1.84. The summed E-state index contributed by atoms with van der Waals surface area (Å²) in [5, 5.41) is 0.662. The van der Waals surface area contributed by atoms with Crippen molar-refractivity contribution in [3.63, 3.8) is 0 Å². The third-order valence-corrected chi connectivity index (χ3v) is 4.97. The summed E-state index contributed by atoms with van der Waals surface area (Å²) in [6.45, 7) is 3.82. The number of rotatable bonds is 5. The third kappa shape index (κ3) is 3.46. The molecule has 0 spiro atoms. The first-order chi connectivity index (χ1) is 8.66. The third-order valence-electron chi connectivity index (χ3n) is 2.51. The number of hydrogen-bond donors (Lipinski definition) is 0. The molecule has 0 aliphatic rings. The van der Waals surface area contributed by atoms with Crippen molar-refractivity contribution in [2.24, 2.45) is 0 Å². The van der Waals surface area contributed by atoms with Crippen LogP contribution in [-0.4, -0.2) is 20.7 Å². The molecule has 0 aliphatic carbocycles. The minimum Gasteiger partial charge on any atom is -0.437 e. The number of thioether (sulfide) groups is 1. The van der Waals surface area contributed by atoms with Crippen LogP contribution in [0.15, 0.2) is 44.9 Å². The first-order valence-corrected chi connectivity index (χ1v) is 7.97. The predicted octanol–water partition coefficient (Wildman–Crippen LogP) is 3.19. The summed E-state index contributed by atoms with van der Waals surface area (Å²) in [5.41, 5.74) is 0.918. The molecule has 1 aromatic carbocycles. The second kappa shape index (κ2) is 6.20. The van der Waals surface area contributed by atoms with Gasteiger partial charge < -0.3 is 4.42 Å². The highest BCUT2D eigenvalue weighted by Gasteiger charge is 2.08. The smallest absolute Gasteiger partial charge is 0.256 e. The highest BCUT2D eigenvalue weighted by atomic mass is 32.2. The van der Waals surface area contributed by atoms with Gasteiger partial charge >= 0.3 is 0 Å². The van der Waals surface area contributed by atoms with E-state index in [-0.39, 0.29) is 0 Å². The summed E-state index contributed by atoms with van der Waals surface area (Å²) in [4.78, 5) is 5.15. The Morgan fingerprint density at radius 3 is 2.61 bits per heavy atom. The van der Waals surface area contributed by atoms with Crippen LogP contribution in [0, 0.1) is 13.8 Å². The van der Waals surface area contributed by atoms with Gasteiger partial charge in [-0.3, -0.25) is 4.21 Å². The Morgan fingerprint density at radius 1 is 1.28 bits per heavy atom. The van der Waals surface area contributed by atoms with E-state index in [1.165, 1.54) is 11.8 Å². The largest absolute Gasteiger partial charge is 0.437 e. The van der Waals surface area contributed by atoms with E-state index < -0.39 is 10.8 Å². The minimum atomic E-state index is -0.946. The van der Waals surface area contributed by atoms with Crippen LogP contribution < -0.4 is 0 Å². The molecule has 0 saturated heterocycles. The maximum absolute atomic E-state index is 12.0. The van der Waals surface area contributed by atoms with Crippen LogP contribution in [0.3, 0.4) is 0 Å². The van der Waals surface area contributed by atoms with E-state index in [9.17, 15) is 4.21 Å². The minimum absolute atomic E-state index is 0.606. The molecule has 3 nitrogen and oxygen atoms in total. The van der Waals surface area contributed by atoms with Crippen molar-refractivity contribution in [3.8, 4) is 0 Å². The van der Waals surface area contributed by atoms with Crippen LogP contribution in [0.4, 0.5) is 0 Å². The van der Waals surface area contributed by atoms with Crippen LogP contribution in [0.1, 0.15) is 11.5 Å². The maximum atomic E-state index is 12.0. The van der Waals surface area contributed by atoms with Gasteiger partial charge in [0.25, 0.3) is 5.22 Å². The quantitative estimate of drug-likeness (QED) is 0.789. The van der Waals surface area contributed by atoms with Gasteiger partial charge in [0.05, 0.1) is 16.5 Å². The summed E-state index contributed by atoms with van der Waals surface area (Å²) < 4.78 is 17.4. The van der Waals surface area contributed by atoms with Crippen molar-refractivity contribution >= 4 is 22.6 Å². The number of aromatic nitrogens is 1. The van der Waals surface area contributed by atoms with Crippen LogP contribution >= 0.6 is 11.8 Å². The molecule has 2 aromatic rings. The van der Waals surface area contributed by atoms with Crippen molar-refractivity contribution in [2.45, 2.75) is 24.0 Å². The Labute approximate surface area is 113 Å². The van der Waals surface area contributed by atoms with Gasteiger partial charge in [-0.15, -0.1) is 0 Å². The SMILES string of the molecule is Cc1nc(SCC[S@@](=O)c2ccccc2)oc1C. The number of aryl methyl sites for hydroxylation is 2. The van der Waals surface area contributed by atoms with Gasteiger partial charge in [0, 0.05) is 16.4 Å². The molecule has 0 saturated carbocycles. The number of benzene rings is 1. The Hall–Kier alpha value is -1.07. The Kier molecular flexibility index (Phi) is 4.60. The number of hydrogen-bond acceptors (Lipinski definition) is 4. The number of oxazole rings is 1. The van der Waals surface area contributed by atoms with Gasteiger partial charge in [0.1, 0.15) is 5.76 Å². The molecule has 0 amide bonds. The molecule has 1 atom stereocenters. The molecule has 96 valence electrons. The number of nitrogens with zero attached hydrogens (tertiary/aromatic N) is 1. The second-order valence-electron chi connectivity index (χ2n) is 3.83. The second-order valence-corrected chi connectivity index (χ2v) is 6.45. The lowest BCUT2D eigenvalue weighted by Gasteiger charge is -2.00. The van der Waals surface area contributed by atoms with E-state index in [0.29, 0.717) is 11.0 Å². The fourth-order valence-corrected chi connectivity index (χ4v) is 3.60. The highest BCUT2D eigenvalue weighted by Crippen LogP contribution is 2.20. The fraction of sp³-hybridized carbons (Fsp3) is 0.308. The molecule has 0 N–H and O–H groups in total. The van der Waals surface area contributed by atoms with E-state index >= 15 is 0 Å². The molecule has 18 heavy (non-hydrogen) atoms. The zero-order valence-electron chi connectivity index (χ0n) is 10.4. The molecule has 0 unspecified atom stereocenters. The van der Waals surface area contributed by atoms with Gasteiger partial charge in [-0.05, 0) is 26.0 Å². The van der Waals surface area contributed by atoms with Crippen molar-refractivity contribution in [1.82, 2.24) is 4.98 Å². The van der Waals surface area contributed by atoms with E-state index in [4.69, 9.17) is 4.42 Å². The molecular weight excluding hydrogens is 266 g/mol. The summed E-state index contributed by atoms with van der Waals surface area (Å²) in [6, 6.07) is 9.51. The van der Waals surface area contributed by atoms with Crippen LogP contribution in [0.5, 0.6) is 0 Å². The predicted molar refractivity (Wildman–Crippen MR) is 74.4 cm³/mol. The van der Waals surface area contributed by atoms with Crippen molar-refractivity contribution in [2.75, 3.05) is 11.5 Å². The first kappa shape index (κ1) is 13.4.